The van der Waals surface area contributed by atoms with Gasteiger partial charge in [0.2, 0.25) is 5.76 Å². The van der Waals surface area contributed by atoms with Crippen LogP contribution in [0.2, 0.25) is 0 Å². The van der Waals surface area contributed by atoms with E-state index in [0.717, 1.165) is 12.4 Å². The van der Waals surface area contributed by atoms with E-state index >= 15 is 0 Å². The number of rotatable bonds is 7. The molecule has 6 N–H and O–H groups in total. The fourth-order valence-corrected chi connectivity index (χ4v) is 2.39. The van der Waals surface area contributed by atoms with E-state index in [0.29, 0.717) is 12.5 Å². The molecule has 1 fully saturated rings. The van der Waals surface area contributed by atoms with Crippen LogP contribution < -0.4 is 5.32 Å². The van der Waals surface area contributed by atoms with E-state index in [-0.39, 0.29) is 0 Å². The molecule has 0 aromatic rings. The summed E-state index contributed by atoms with van der Waals surface area (Å²) >= 11 is 0. The first kappa shape index (κ1) is 23.0. The molecule has 1 saturated heterocycles. The molecule has 8 nitrogen and oxygen atoms in total. The van der Waals surface area contributed by atoms with Gasteiger partial charge in [0, 0.05) is 6.61 Å². The predicted molar refractivity (Wildman–Crippen MR) is 88.0 cm³/mol. The lowest BCUT2D eigenvalue weighted by Gasteiger charge is -2.39. The van der Waals surface area contributed by atoms with Crippen molar-refractivity contribution in [3.63, 3.8) is 0 Å². The molecule has 0 amide bonds. The lowest BCUT2D eigenvalue weighted by atomic mass is 9.96. The first-order valence-corrected chi connectivity index (χ1v) is 8.29. The Bertz CT molecular complexity index is 383. The highest BCUT2D eigenvalue weighted by Crippen LogP contribution is 2.22. The van der Waals surface area contributed by atoms with Gasteiger partial charge in [0.15, 0.2) is 18.3 Å². The Balaban J connectivity index is 0.000000506. The van der Waals surface area contributed by atoms with E-state index in [1.807, 2.05) is 0 Å². The van der Waals surface area contributed by atoms with Gasteiger partial charge >= 0.3 is 0 Å². The molecule has 142 valence electrons. The van der Waals surface area contributed by atoms with E-state index < -0.39 is 36.4 Å². The van der Waals surface area contributed by atoms with Crippen molar-refractivity contribution >= 4 is 5.94 Å². The summed E-state index contributed by atoms with van der Waals surface area (Å²) in [5, 5.41) is 48.7. The van der Waals surface area contributed by atoms with Crippen molar-refractivity contribution in [1.29, 1.82) is 0 Å². The van der Waals surface area contributed by atoms with E-state index in [4.69, 9.17) is 14.9 Å². The van der Waals surface area contributed by atoms with E-state index in [1.165, 1.54) is 26.3 Å². The summed E-state index contributed by atoms with van der Waals surface area (Å²) in [4.78, 5) is 10.1. The topological polar surface area (TPSA) is 139 Å². The zero-order valence-corrected chi connectivity index (χ0v) is 14.6. The molecule has 0 aliphatic carbocycles. The Morgan fingerprint density at radius 3 is 2.29 bits per heavy atom. The van der Waals surface area contributed by atoms with Crippen LogP contribution in [-0.2, 0) is 9.53 Å². The van der Waals surface area contributed by atoms with Gasteiger partial charge in [-0.1, -0.05) is 33.1 Å². The van der Waals surface area contributed by atoms with E-state index in [9.17, 15) is 20.1 Å². The fraction of sp³-hybridized carbons (Fsp3) is 0.875. The van der Waals surface area contributed by atoms with Gasteiger partial charge in [-0.2, -0.15) is 0 Å². The van der Waals surface area contributed by atoms with Crippen molar-refractivity contribution in [3.05, 3.63) is 5.76 Å². The molecule has 0 aromatic heterocycles. The summed E-state index contributed by atoms with van der Waals surface area (Å²) in [6.45, 7) is 4.69. The lowest BCUT2D eigenvalue weighted by molar-refractivity contribution is -0.242. The summed E-state index contributed by atoms with van der Waals surface area (Å²) in [5.74, 6) is 0.800. The average molecular weight is 349 g/mol. The van der Waals surface area contributed by atoms with Crippen molar-refractivity contribution in [3.8, 4) is 0 Å². The number of nitrogens with one attached hydrogen (secondary N) is 1. The lowest BCUT2D eigenvalue weighted by Crippen LogP contribution is -2.62. The number of hydrogen-bond acceptors (Lipinski definition) is 8. The predicted octanol–water partition coefficient (Wildman–Crippen LogP) is -0.518. The number of aliphatic hydroxyl groups is 5. The number of ether oxygens (including phenoxy) is 1. The van der Waals surface area contributed by atoms with E-state index in [1.54, 1.807) is 0 Å². The Kier molecular flexibility index (Phi) is 11.9. The SMILES string of the molecule is CCCCC(CC)CO.CN[C@H]1C(O)O[C@H](C(O)=C=O)[C@@H](O)[C@@H]1O. The van der Waals surface area contributed by atoms with Crippen LogP contribution in [0.4, 0.5) is 0 Å². The van der Waals surface area contributed by atoms with Gasteiger partial charge in [0.05, 0.1) is 6.04 Å². The Morgan fingerprint density at radius 2 is 1.88 bits per heavy atom. The van der Waals surface area contributed by atoms with Crippen LogP contribution >= 0.6 is 0 Å². The third-order valence-corrected chi connectivity index (χ3v) is 4.13. The quantitative estimate of drug-likeness (QED) is 0.267. The molecule has 1 aliphatic heterocycles. The molecule has 0 saturated carbocycles. The minimum Gasteiger partial charge on any atom is -0.500 e. The number of hydrogen-bond donors (Lipinski definition) is 6. The minimum absolute atomic E-state index is 0.372. The first-order valence-electron chi connectivity index (χ1n) is 8.29. The highest BCUT2D eigenvalue weighted by Gasteiger charge is 2.45. The third-order valence-electron chi connectivity index (χ3n) is 4.13. The summed E-state index contributed by atoms with van der Waals surface area (Å²) in [6, 6.07) is -0.893. The maximum atomic E-state index is 10.1. The summed E-state index contributed by atoms with van der Waals surface area (Å²) in [5.41, 5.74) is 0. The van der Waals surface area contributed by atoms with Crippen LogP contribution in [0, 0.1) is 5.92 Å². The average Bonchev–Trinajstić information content (AvgIpc) is 2.59. The van der Waals surface area contributed by atoms with Gasteiger partial charge < -0.3 is 35.6 Å². The molecule has 2 unspecified atom stereocenters. The van der Waals surface area contributed by atoms with Gasteiger partial charge in [-0.05, 0) is 19.4 Å². The van der Waals surface area contributed by atoms with Crippen molar-refractivity contribution in [2.45, 2.75) is 70.2 Å². The molecule has 0 bridgehead atoms. The van der Waals surface area contributed by atoms with Gasteiger partial charge in [-0.25, -0.2) is 4.79 Å². The molecule has 0 radical (unpaired) electrons. The molecule has 1 aliphatic rings. The van der Waals surface area contributed by atoms with Gasteiger partial charge in [0.25, 0.3) is 0 Å². The van der Waals surface area contributed by atoms with Crippen LogP contribution in [0.3, 0.4) is 0 Å². The van der Waals surface area contributed by atoms with Crippen molar-refractivity contribution in [1.82, 2.24) is 5.32 Å². The molecule has 0 aromatic carbocycles. The second-order valence-electron chi connectivity index (χ2n) is 5.83. The molecule has 8 heteroatoms. The first-order chi connectivity index (χ1) is 11.4. The molecule has 0 spiro atoms. The van der Waals surface area contributed by atoms with Gasteiger partial charge in [0.1, 0.15) is 12.2 Å². The fourth-order valence-electron chi connectivity index (χ4n) is 2.39. The number of likely N-dealkylation sites (N-methyl/N-ethyl adjacent to an activating group) is 1. The molecule has 24 heavy (non-hydrogen) atoms. The maximum Gasteiger partial charge on any atom is 0.209 e. The standard InChI is InChI=1S/C8H13NO6.C8H18O/c1-9-4-5(12)6(13)7(3(11)2-10)15-8(4)14;1-3-5-6-8(4-2)7-9/h4-9,11-14H,1H3;8-9H,3-7H2,1-2H3/t4-,5-,6+,7-,8?;/m1./s1. The normalized spacial score (nSPS) is 30.7. The van der Waals surface area contributed by atoms with Crippen LogP contribution in [0.25, 0.3) is 0 Å². The smallest absolute Gasteiger partial charge is 0.209 e. The zero-order valence-electron chi connectivity index (χ0n) is 14.6. The summed E-state index contributed by atoms with van der Waals surface area (Å²) in [7, 11) is 1.46. The Labute approximate surface area is 142 Å². The Morgan fingerprint density at radius 1 is 1.25 bits per heavy atom. The second-order valence-corrected chi connectivity index (χ2v) is 5.83. The summed E-state index contributed by atoms with van der Waals surface area (Å²) < 4.78 is 4.76. The Hall–Kier alpha value is -0.990. The van der Waals surface area contributed by atoms with E-state index in [2.05, 4.69) is 19.2 Å². The monoisotopic (exact) mass is 349 g/mol. The molecule has 1 heterocycles. The minimum atomic E-state index is -1.51. The van der Waals surface area contributed by atoms with Crippen molar-refractivity contribution in [2.24, 2.45) is 5.92 Å². The molecular weight excluding hydrogens is 318 g/mol. The van der Waals surface area contributed by atoms with Gasteiger partial charge in [-0.3, -0.25) is 0 Å². The maximum absolute atomic E-state index is 10.1. The highest BCUT2D eigenvalue weighted by atomic mass is 16.6. The largest absolute Gasteiger partial charge is 0.500 e. The summed E-state index contributed by atoms with van der Waals surface area (Å²) in [6.07, 6.45) is -0.937. The number of carbonyl (C=O) groups excluding carboxylic acids is 1. The van der Waals surface area contributed by atoms with Gasteiger partial charge in [-0.15, -0.1) is 0 Å². The van der Waals surface area contributed by atoms with Crippen molar-refractivity contribution < 1.29 is 35.1 Å². The second kappa shape index (κ2) is 12.4. The van der Waals surface area contributed by atoms with Crippen LogP contribution in [0.15, 0.2) is 5.76 Å². The number of aliphatic hydroxyl groups excluding tert-OH is 5. The molecule has 6 atom stereocenters. The zero-order chi connectivity index (χ0) is 18.7. The van der Waals surface area contributed by atoms with Crippen LogP contribution in [0.1, 0.15) is 39.5 Å². The number of unbranched alkanes of at least 4 members (excludes halogenated alkanes) is 1. The molecular formula is C16H31NO7. The van der Waals surface area contributed by atoms with Crippen LogP contribution in [0.5, 0.6) is 0 Å². The highest BCUT2D eigenvalue weighted by molar-refractivity contribution is 5.50. The molecule has 1 rings (SSSR count). The van der Waals surface area contributed by atoms with Crippen LogP contribution in [-0.4, -0.2) is 75.8 Å². The third kappa shape index (κ3) is 6.86. The van der Waals surface area contributed by atoms with Crippen molar-refractivity contribution in [2.75, 3.05) is 13.7 Å².